The highest BCUT2D eigenvalue weighted by Gasteiger charge is 2.12. The highest BCUT2D eigenvalue weighted by molar-refractivity contribution is 14.0. The quantitative estimate of drug-likeness (QED) is 0.174. The van der Waals surface area contributed by atoms with Crippen LogP contribution in [0.2, 0.25) is 0 Å². The van der Waals surface area contributed by atoms with Crippen LogP contribution < -0.4 is 10.6 Å². The van der Waals surface area contributed by atoms with Crippen molar-refractivity contribution in [2.45, 2.75) is 39.0 Å². The summed E-state index contributed by atoms with van der Waals surface area (Å²) in [5.74, 6) is 2.53. The fraction of sp³-hybridized carbons (Fsp3) is 0.375. The van der Waals surface area contributed by atoms with Gasteiger partial charge in [0, 0.05) is 32.0 Å². The molecule has 1 atom stereocenters. The summed E-state index contributed by atoms with van der Waals surface area (Å²) in [6.45, 7) is 6.25. The maximum absolute atomic E-state index is 5.17. The molecule has 1 aromatic heterocycles. The van der Waals surface area contributed by atoms with E-state index in [9.17, 15) is 0 Å². The van der Waals surface area contributed by atoms with Crippen LogP contribution in [0.25, 0.3) is 0 Å². The van der Waals surface area contributed by atoms with Crippen LogP contribution >= 0.6 is 24.0 Å². The molecule has 6 nitrogen and oxygen atoms in total. The predicted molar refractivity (Wildman–Crippen MR) is 136 cm³/mol. The van der Waals surface area contributed by atoms with E-state index in [4.69, 9.17) is 9.52 Å². The molecule has 2 aromatic carbocycles. The third-order valence-electron chi connectivity index (χ3n) is 4.84. The molecule has 2 N–H and O–H groups in total. The van der Waals surface area contributed by atoms with E-state index in [1.165, 1.54) is 11.1 Å². The van der Waals surface area contributed by atoms with Gasteiger partial charge in [0.1, 0.15) is 0 Å². The molecule has 7 heteroatoms. The van der Waals surface area contributed by atoms with E-state index in [0.717, 1.165) is 44.9 Å². The lowest BCUT2D eigenvalue weighted by molar-refractivity contribution is 0.372. The van der Waals surface area contributed by atoms with Gasteiger partial charge in [-0.05, 0) is 37.8 Å². The molecule has 0 radical (unpaired) electrons. The van der Waals surface area contributed by atoms with Crippen LogP contribution in [0.3, 0.4) is 0 Å². The fourth-order valence-electron chi connectivity index (χ4n) is 3.34. The van der Waals surface area contributed by atoms with E-state index in [0.29, 0.717) is 17.6 Å². The van der Waals surface area contributed by atoms with Crippen LogP contribution in [0, 0.1) is 6.92 Å². The Morgan fingerprint density at radius 3 is 2.39 bits per heavy atom. The van der Waals surface area contributed by atoms with Crippen molar-refractivity contribution in [2.75, 3.05) is 19.6 Å². The second-order valence-electron chi connectivity index (χ2n) is 7.28. The molecule has 0 bridgehead atoms. The molecule has 1 unspecified atom stereocenters. The van der Waals surface area contributed by atoms with Crippen molar-refractivity contribution < 1.29 is 4.52 Å². The van der Waals surface area contributed by atoms with Gasteiger partial charge in [0.2, 0.25) is 5.89 Å². The lowest BCUT2D eigenvalue weighted by Gasteiger charge is -2.17. The Morgan fingerprint density at radius 1 is 1.03 bits per heavy atom. The first kappa shape index (κ1) is 24.8. The normalized spacial score (nSPS) is 12.1. The van der Waals surface area contributed by atoms with Gasteiger partial charge in [-0.2, -0.15) is 4.98 Å². The van der Waals surface area contributed by atoms with Gasteiger partial charge in [0.05, 0.1) is 0 Å². The maximum Gasteiger partial charge on any atom is 0.226 e. The molecule has 31 heavy (non-hydrogen) atoms. The van der Waals surface area contributed by atoms with Gasteiger partial charge < -0.3 is 15.2 Å². The van der Waals surface area contributed by atoms with E-state index < -0.39 is 0 Å². The van der Waals surface area contributed by atoms with Gasteiger partial charge in [-0.15, -0.1) is 24.0 Å². The number of aliphatic imine (C=N–C) groups is 1. The minimum absolute atomic E-state index is 0. The summed E-state index contributed by atoms with van der Waals surface area (Å²) in [7, 11) is 0. The molecule has 0 saturated heterocycles. The highest BCUT2D eigenvalue weighted by Crippen LogP contribution is 2.21. The number of nitrogens with one attached hydrogen (secondary N) is 2. The topological polar surface area (TPSA) is 75.3 Å². The Kier molecular flexibility index (Phi) is 11.1. The Morgan fingerprint density at radius 2 is 1.74 bits per heavy atom. The number of hydrogen-bond donors (Lipinski definition) is 2. The monoisotopic (exact) mass is 533 g/mol. The van der Waals surface area contributed by atoms with Crippen molar-refractivity contribution in [1.82, 2.24) is 20.8 Å². The third-order valence-corrected chi connectivity index (χ3v) is 4.84. The molecule has 0 saturated carbocycles. The molecule has 0 fully saturated rings. The van der Waals surface area contributed by atoms with Crippen LogP contribution in [0.5, 0.6) is 0 Å². The van der Waals surface area contributed by atoms with Crippen LogP contribution in [0.1, 0.15) is 42.1 Å². The largest absolute Gasteiger partial charge is 0.357 e. The van der Waals surface area contributed by atoms with E-state index in [1.54, 1.807) is 0 Å². The Hall–Kier alpha value is -2.42. The first-order chi connectivity index (χ1) is 14.7. The second-order valence-corrected chi connectivity index (χ2v) is 7.28. The summed E-state index contributed by atoms with van der Waals surface area (Å²) in [4.78, 5) is 9.12. The lowest BCUT2D eigenvalue weighted by Crippen LogP contribution is -2.38. The second kappa shape index (κ2) is 13.8. The van der Waals surface area contributed by atoms with Gasteiger partial charge >= 0.3 is 0 Å². The molecule has 0 aliphatic rings. The van der Waals surface area contributed by atoms with Crippen molar-refractivity contribution in [2.24, 2.45) is 4.99 Å². The molecule has 0 aliphatic heterocycles. The smallest absolute Gasteiger partial charge is 0.226 e. The summed E-state index contributed by atoms with van der Waals surface area (Å²) in [6, 6.07) is 21.2. The van der Waals surface area contributed by atoms with Crippen molar-refractivity contribution >= 4 is 29.9 Å². The molecule has 0 amide bonds. The average Bonchev–Trinajstić information content (AvgIpc) is 3.20. The van der Waals surface area contributed by atoms with E-state index in [2.05, 4.69) is 88.4 Å². The van der Waals surface area contributed by atoms with Crippen molar-refractivity contribution in [1.29, 1.82) is 0 Å². The van der Waals surface area contributed by atoms with Crippen LogP contribution in [-0.4, -0.2) is 35.7 Å². The SMILES string of the molecule is CCNC(=NCC(Cc1ccccc1)c1ccccc1)NCCCc1nc(C)no1.I. The van der Waals surface area contributed by atoms with Gasteiger partial charge in [-0.3, -0.25) is 4.99 Å². The van der Waals surface area contributed by atoms with Crippen LogP contribution in [0.4, 0.5) is 0 Å². The minimum atomic E-state index is 0. The summed E-state index contributed by atoms with van der Waals surface area (Å²) < 4.78 is 5.17. The fourth-order valence-corrected chi connectivity index (χ4v) is 3.34. The van der Waals surface area contributed by atoms with Gasteiger partial charge in [0.25, 0.3) is 0 Å². The number of aromatic nitrogens is 2. The third kappa shape index (κ3) is 8.69. The molecule has 1 heterocycles. The molecule has 0 aliphatic carbocycles. The highest BCUT2D eigenvalue weighted by atomic mass is 127. The molecular weight excluding hydrogens is 501 g/mol. The number of halogens is 1. The summed E-state index contributed by atoms with van der Waals surface area (Å²) in [5, 5.41) is 10.6. The van der Waals surface area contributed by atoms with E-state index >= 15 is 0 Å². The predicted octanol–water partition coefficient (Wildman–Crippen LogP) is 4.51. The maximum atomic E-state index is 5.17. The summed E-state index contributed by atoms with van der Waals surface area (Å²) in [6.07, 6.45) is 2.62. The zero-order valence-electron chi connectivity index (χ0n) is 18.3. The molecule has 166 valence electrons. The Labute approximate surface area is 202 Å². The zero-order valence-corrected chi connectivity index (χ0v) is 20.6. The lowest BCUT2D eigenvalue weighted by atomic mass is 9.92. The van der Waals surface area contributed by atoms with Crippen molar-refractivity contribution in [3.05, 3.63) is 83.5 Å². The Bertz CT molecular complexity index is 899. The first-order valence-corrected chi connectivity index (χ1v) is 10.6. The summed E-state index contributed by atoms with van der Waals surface area (Å²) in [5.41, 5.74) is 2.64. The number of aryl methyl sites for hydroxylation is 2. The zero-order chi connectivity index (χ0) is 21.0. The first-order valence-electron chi connectivity index (χ1n) is 10.6. The Balaban J connectivity index is 0.00000341. The van der Waals surface area contributed by atoms with Gasteiger partial charge in [0.15, 0.2) is 11.8 Å². The summed E-state index contributed by atoms with van der Waals surface area (Å²) >= 11 is 0. The van der Waals surface area contributed by atoms with Crippen LogP contribution in [0.15, 0.2) is 70.2 Å². The standard InChI is InChI=1S/C24H31N5O.HI/c1-3-25-24(26-16-10-15-23-28-19(2)29-30-23)27-18-22(21-13-8-5-9-14-21)17-20-11-6-4-7-12-20;/h4-9,11-14,22H,3,10,15-18H2,1-2H3,(H2,25,26,27);1H. The minimum Gasteiger partial charge on any atom is -0.357 e. The van der Waals surface area contributed by atoms with Gasteiger partial charge in [-0.25, -0.2) is 0 Å². The molecule has 3 aromatic rings. The number of nitrogens with zero attached hydrogens (tertiary/aromatic N) is 3. The van der Waals surface area contributed by atoms with E-state index in [-0.39, 0.29) is 24.0 Å². The van der Waals surface area contributed by atoms with Crippen molar-refractivity contribution in [3.8, 4) is 0 Å². The van der Waals surface area contributed by atoms with E-state index in [1.807, 2.05) is 6.92 Å². The van der Waals surface area contributed by atoms with Gasteiger partial charge in [-0.1, -0.05) is 65.8 Å². The molecule has 0 spiro atoms. The molecular formula is C24H32IN5O. The molecule has 3 rings (SSSR count). The average molecular weight is 533 g/mol. The number of hydrogen-bond acceptors (Lipinski definition) is 4. The van der Waals surface area contributed by atoms with Crippen LogP contribution in [-0.2, 0) is 12.8 Å². The number of rotatable bonds is 10. The number of guanidine groups is 1. The van der Waals surface area contributed by atoms with Crippen molar-refractivity contribution in [3.63, 3.8) is 0 Å². The number of benzene rings is 2.